The molecule has 0 aromatic heterocycles. The molecule has 0 spiro atoms. The van der Waals surface area contributed by atoms with Gasteiger partial charge in [-0.3, -0.25) is 4.79 Å². The number of nitrogens with zero attached hydrogens (tertiary/aromatic N) is 1. The first-order valence-electron chi connectivity index (χ1n) is 7.32. The first-order valence-corrected chi connectivity index (χ1v) is 7.32. The zero-order valence-corrected chi connectivity index (χ0v) is 12.4. The van der Waals surface area contributed by atoms with E-state index >= 15 is 0 Å². The highest BCUT2D eigenvalue weighted by atomic mass is 16.5. The molecule has 1 aliphatic rings. The van der Waals surface area contributed by atoms with Crippen molar-refractivity contribution in [3.05, 3.63) is 29.3 Å². The molecule has 1 fully saturated rings. The van der Waals surface area contributed by atoms with Crippen LogP contribution in [0, 0.1) is 6.92 Å². The number of benzene rings is 1. The average Bonchev–Trinajstić information content (AvgIpc) is 2.48. The maximum absolute atomic E-state index is 12.0. The Labute approximate surface area is 121 Å². The standard InChI is InChI=1S/C16H24N2O2/c1-13-6-7-15(20-2)14(10-13)11-17-12-16(19)18-8-4-3-5-9-18/h6-7,10,17H,3-5,8-9,11-12H2,1-2H3. The molecule has 20 heavy (non-hydrogen) atoms. The van der Waals surface area contributed by atoms with Crippen LogP contribution in [0.3, 0.4) is 0 Å². The molecule has 0 saturated carbocycles. The van der Waals surface area contributed by atoms with E-state index in [9.17, 15) is 4.79 Å². The maximum Gasteiger partial charge on any atom is 0.236 e. The second kappa shape index (κ2) is 7.29. The summed E-state index contributed by atoms with van der Waals surface area (Å²) in [6, 6.07) is 6.09. The molecule has 2 rings (SSSR count). The molecule has 4 nitrogen and oxygen atoms in total. The molecule has 1 amide bonds. The van der Waals surface area contributed by atoms with Crippen LogP contribution in [0.15, 0.2) is 18.2 Å². The molecule has 0 unspecified atom stereocenters. The topological polar surface area (TPSA) is 41.6 Å². The number of likely N-dealkylation sites (tertiary alicyclic amines) is 1. The fourth-order valence-corrected chi connectivity index (χ4v) is 2.60. The van der Waals surface area contributed by atoms with Crippen LogP contribution in [0.1, 0.15) is 30.4 Å². The molecule has 1 aliphatic heterocycles. The number of rotatable bonds is 5. The lowest BCUT2D eigenvalue weighted by Gasteiger charge is -2.26. The molecule has 110 valence electrons. The van der Waals surface area contributed by atoms with Crippen LogP contribution in [-0.4, -0.2) is 37.6 Å². The lowest BCUT2D eigenvalue weighted by atomic mass is 10.1. The number of aryl methyl sites for hydroxylation is 1. The summed E-state index contributed by atoms with van der Waals surface area (Å²) in [5.41, 5.74) is 2.30. The van der Waals surface area contributed by atoms with Crippen molar-refractivity contribution in [2.45, 2.75) is 32.7 Å². The van der Waals surface area contributed by atoms with Crippen LogP contribution < -0.4 is 10.1 Å². The Bertz CT molecular complexity index is 454. The second-order valence-electron chi connectivity index (χ2n) is 5.36. The SMILES string of the molecule is COc1ccc(C)cc1CNCC(=O)N1CCCCC1. The minimum Gasteiger partial charge on any atom is -0.496 e. The van der Waals surface area contributed by atoms with Crippen LogP contribution in [0.4, 0.5) is 0 Å². The van der Waals surface area contributed by atoms with Gasteiger partial charge in [0, 0.05) is 25.2 Å². The highest BCUT2D eigenvalue weighted by molar-refractivity contribution is 5.78. The van der Waals surface area contributed by atoms with Gasteiger partial charge in [-0.05, 0) is 32.3 Å². The van der Waals surface area contributed by atoms with Crippen molar-refractivity contribution in [1.29, 1.82) is 0 Å². The number of amides is 1. The third-order valence-electron chi connectivity index (χ3n) is 3.74. The molecule has 1 aromatic rings. The van der Waals surface area contributed by atoms with E-state index in [2.05, 4.69) is 18.3 Å². The molecule has 4 heteroatoms. The fraction of sp³-hybridized carbons (Fsp3) is 0.562. The van der Waals surface area contributed by atoms with Crippen LogP contribution >= 0.6 is 0 Å². The summed E-state index contributed by atoms with van der Waals surface area (Å²) >= 11 is 0. The molecule has 1 saturated heterocycles. The number of piperidine rings is 1. The monoisotopic (exact) mass is 276 g/mol. The summed E-state index contributed by atoms with van der Waals surface area (Å²) in [6.45, 7) is 4.94. The van der Waals surface area contributed by atoms with Crippen LogP contribution in [0.5, 0.6) is 5.75 Å². The van der Waals surface area contributed by atoms with Gasteiger partial charge in [0.25, 0.3) is 0 Å². The van der Waals surface area contributed by atoms with Crippen LogP contribution in [0.25, 0.3) is 0 Å². The Morgan fingerprint density at radius 1 is 1.30 bits per heavy atom. The maximum atomic E-state index is 12.0. The van der Waals surface area contributed by atoms with Gasteiger partial charge in [-0.15, -0.1) is 0 Å². The lowest BCUT2D eigenvalue weighted by Crippen LogP contribution is -2.41. The number of carbonyl (C=O) groups excluding carboxylic acids is 1. The van der Waals surface area contributed by atoms with Crippen molar-refractivity contribution >= 4 is 5.91 Å². The zero-order valence-electron chi connectivity index (χ0n) is 12.4. The predicted molar refractivity (Wildman–Crippen MR) is 79.9 cm³/mol. The molecule has 0 bridgehead atoms. The van der Waals surface area contributed by atoms with Gasteiger partial charge in [-0.25, -0.2) is 0 Å². The number of nitrogens with one attached hydrogen (secondary N) is 1. The van der Waals surface area contributed by atoms with E-state index in [0.717, 1.165) is 37.2 Å². The van der Waals surface area contributed by atoms with E-state index < -0.39 is 0 Å². The molecule has 0 atom stereocenters. The molecule has 0 radical (unpaired) electrons. The molecule has 1 aromatic carbocycles. The van der Waals surface area contributed by atoms with Gasteiger partial charge in [0.05, 0.1) is 13.7 Å². The van der Waals surface area contributed by atoms with Crippen LogP contribution in [0.2, 0.25) is 0 Å². The molecular formula is C16H24N2O2. The summed E-state index contributed by atoms with van der Waals surface area (Å²) < 4.78 is 5.34. The van der Waals surface area contributed by atoms with Crippen molar-refractivity contribution in [2.24, 2.45) is 0 Å². The minimum atomic E-state index is 0.205. The molecule has 1 N–H and O–H groups in total. The van der Waals surface area contributed by atoms with Gasteiger partial charge < -0.3 is 15.0 Å². The molecule has 0 aliphatic carbocycles. The van der Waals surface area contributed by atoms with E-state index in [4.69, 9.17) is 4.74 Å². The Morgan fingerprint density at radius 3 is 2.75 bits per heavy atom. The van der Waals surface area contributed by atoms with E-state index in [1.54, 1.807) is 7.11 Å². The normalized spacial score (nSPS) is 15.2. The Balaban J connectivity index is 1.83. The van der Waals surface area contributed by atoms with Gasteiger partial charge in [0.2, 0.25) is 5.91 Å². The zero-order chi connectivity index (χ0) is 14.4. The summed E-state index contributed by atoms with van der Waals surface area (Å²) in [7, 11) is 1.67. The number of hydrogen-bond acceptors (Lipinski definition) is 3. The van der Waals surface area contributed by atoms with Crippen molar-refractivity contribution in [1.82, 2.24) is 10.2 Å². The second-order valence-corrected chi connectivity index (χ2v) is 5.36. The van der Waals surface area contributed by atoms with Crippen molar-refractivity contribution in [3.63, 3.8) is 0 Å². The third-order valence-corrected chi connectivity index (χ3v) is 3.74. The number of hydrogen-bond donors (Lipinski definition) is 1. The van der Waals surface area contributed by atoms with Gasteiger partial charge in [-0.1, -0.05) is 17.7 Å². The summed E-state index contributed by atoms with van der Waals surface area (Å²) in [6.07, 6.45) is 3.52. The summed E-state index contributed by atoms with van der Waals surface area (Å²) in [4.78, 5) is 14.0. The highest BCUT2D eigenvalue weighted by Gasteiger charge is 2.15. The predicted octanol–water partition coefficient (Wildman–Crippen LogP) is 2.11. The van der Waals surface area contributed by atoms with Gasteiger partial charge in [0.15, 0.2) is 0 Å². The Morgan fingerprint density at radius 2 is 2.05 bits per heavy atom. The van der Waals surface area contributed by atoms with Crippen molar-refractivity contribution < 1.29 is 9.53 Å². The largest absolute Gasteiger partial charge is 0.496 e. The number of ether oxygens (including phenoxy) is 1. The average molecular weight is 276 g/mol. The highest BCUT2D eigenvalue weighted by Crippen LogP contribution is 2.19. The van der Waals surface area contributed by atoms with Gasteiger partial charge >= 0.3 is 0 Å². The Kier molecular flexibility index (Phi) is 5.41. The fourth-order valence-electron chi connectivity index (χ4n) is 2.60. The van der Waals surface area contributed by atoms with Crippen molar-refractivity contribution in [2.75, 3.05) is 26.7 Å². The van der Waals surface area contributed by atoms with E-state index in [0.29, 0.717) is 13.1 Å². The lowest BCUT2D eigenvalue weighted by molar-refractivity contribution is -0.131. The van der Waals surface area contributed by atoms with E-state index in [1.807, 2.05) is 17.0 Å². The van der Waals surface area contributed by atoms with E-state index in [1.165, 1.54) is 12.0 Å². The third kappa shape index (κ3) is 3.97. The molecular weight excluding hydrogens is 252 g/mol. The number of carbonyl (C=O) groups is 1. The van der Waals surface area contributed by atoms with Gasteiger partial charge in [-0.2, -0.15) is 0 Å². The van der Waals surface area contributed by atoms with Crippen molar-refractivity contribution in [3.8, 4) is 5.75 Å². The van der Waals surface area contributed by atoms with Gasteiger partial charge in [0.1, 0.15) is 5.75 Å². The first kappa shape index (κ1) is 14.9. The number of methoxy groups -OCH3 is 1. The molecule has 1 heterocycles. The smallest absolute Gasteiger partial charge is 0.236 e. The van der Waals surface area contributed by atoms with E-state index in [-0.39, 0.29) is 5.91 Å². The minimum absolute atomic E-state index is 0.205. The van der Waals surface area contributed by atoms with Crippen LogP contribution in [-0.2, 0) is 11.3 Å². The Hall–Kier alpha value is -1.55. The summed E-state index contributed by atoms with van der Waals surface area (Å²) in [5, 5.41) is 3.23. The first-order chi connectivity index (χ1) is 9.70. The quantitative estimate of drug-likeness (QED) is 0.895. The summed E-state index contributed by atoms with van der Waals surface area (Å²) in [5.74, 6) is 1.07.